The maximum absolute atomic E-state index is 13.4. The maximum atomic E-state index is 13.4. The predicted molar refractivity (Wildman–Crippen MR) is 117 cm³/mol. The number of ether oxygens (including phenoxy) is 1. The van der Waals surface area contributed by atoms with E-state index in [0.717, 1.165) is 35.5 Å². The lowest BCUT2D eigenvalue weighted by Crippen LogP contribution is -2.54. The second-order valence-corrected chi connectivity index (χ2v) is 9.06. The van der Waals surface area contributed by atoms with Crippen LogP contribution in [0.4, 0.5) is 0 Å². The van der Waals surface area contributed by atoms with Crippen molar-refractivity contribution in [1.29, 1.82) is 0 Å². The van der Waals surface area contributed by atoms with E-state index in [0.29, 0.717) is 32.1 Å². The minimum atomic E-state index is -0.600. The van der Waals surface area contributed by atoms with Gasteiger partial charge in [-0.05, 0) is 35.5 Å². The third-order valence-corrected chi connectivity index (χ3v) is 6.91. The van der Waals surface area contributed by atoms with Gasteiger partial charge >= 0.3 is 5.97 Å². The molecule has 2 heterocycles. The molecular formula is C22H31N3O4S. The van der Waals surface area contributed by atoms with Gasteiger partial charge in [-0.15, -0.1) is 0 Å². The zero-order valence-electron chi connectivity index (χ0n) is 17.8. The average Bonchev–Trinajstić information content (AvgIpc) is 2.77. The predicted octanol–water partition coefficient (Wildman–Crippen LogP) is 1.45. The summed E-state index contributed by atoms with van der Waals surface area (Å²) in [6.45, 7) is 3.28. The van der Waals surface area contributed by atoms with Crippen LogP contribution in [0.2, 0.25) is 0 Å². The molecule has 1 saturated heterocycles. The number of hydrogen-bond acceptors (Lipinski definition) is 6. The van der Waals surface area contributed by atoms with Gasteiger partial charge in [-0.3, -0.25) is 14.5 Å². The fourth-order valence-electron chi connectivity index (χ4n) is 4.21. The SMILES string of the molecule is COC(=O)[C@H]1Cc2ccccc2CN1C(=O)CN(CCNC(C)=O)C1CCSCC1. The van der Waals surface area contributed by atoms with E-state index >= 15 is 0 Å². The minimum Gasteiger partial charge on any atom is -0.467 e. The van der Waals surface area contributed by atoms with Crippen LogP contribution in [-0.4, -0.2) is 77.9 Å². The molecule has 8 heteroatoms. The fraction of sp³-hybridized carbons (Fsp3) is 0.591. The van der Waals surface area contributed by atoms with Crippen LogP contribution in [0, 0.1) is 0 Å². The Kier molecular flexibility index (Phi) is 8.16. The Morgan fingerprint density at radius 1 is 1.20 bits per heavy atom. The van der Waals surface area contributed by atoms with Crippen LogP contribution in [0.25, 0.3) is 0 Å². The van der Waals surface area contributed by atoms with Crippen molar-refractivity contribution >= 4 is 29.5 Å². The van der Waals surface area contributed by atoms with Crippen molar-refractivity contribution in [1.82, 2.24) is 15.1 Å². The molecule has 164 valence electrons. The quantitative estimate of drug-likeness (QED) is 0.656. The number of benzene rings is 1. The van der Waals surface area contributed by atoms with Gasteiger partial charge in [-0.2, -0.15) is 11.8 Å². The van der Waals surface area contributed by atoms with Gasteiger partial charge in [-0.25, -0.2) is 4.79 Å². The molecule has 2 aliphatic rings. The Bertz CT molecular complexity index is 767. The molecule has 0 radical (unpaired) electrons. The standard InChI is InChI=1S/C22H31N3O4S/c1-16(26)23-9-10-24(19-7-11-30-12-8-19)15-21(27)25-14-18-6-4-3-5-17(18)13-20(25)22(28)29-2/h3-6,19-20H,7-15H2,1-2H3,(H,23,26)/t20-/m1/s1. The zero-order chi connectivity index (χ0) is 21.5. The highest BCUT2D eigenvalue weighted by atomic mass is 32.2. The first-order valence-electron chi connectivity index (χ1n) is 10.5. The van der Waals surface area contributed by atoms with E-state index < -0.39 is 6.04 Å². The number of methoxy groups -OCH3 is 1. The molecule has 3 rings (SSSR count). The number of rotatable bonds is 7. The normalized spacial score (nSPS) is 19.3. The van der Waals surface area contributed by atoms with E-state index in [9.17, 15) is 14.4 Å². The van der Waals surface area contributed by atoms with E-state index in [1.54, 1.807) is 4.90 Å². The molecule has 1 aromatic rings. The molecule has 2 amide bonds. The molecule has 1 atom stereocenters. The van der Waals surface area contributed by atoms with Gasteiger partial charge in [-0.1, -0.05) is 24.3 Å². The third kappa shape index (κ3) is 5.76. The number of thioether (sulfide) groups is 1. The fourth-order valence-corrected chi connectivity index (χ4v) is 5.29. The minimum absolute atomic E-state index is 0.0686. The molecule has 1 aromatic carbocycles. The summed E-state index contributed by atoms with van der Waals surface area (Å²) in [4.78, 5) is 40.9. The smallest absolute Gasteiger partial charge is 0.328 e. The Morgan fingerprint density at radius 2 is 1.90 bits per heavy atom. The van der Waals surface area contributed by atoms with Crippen LogP contribution < -0.4 is 5.32 Å². The molecule has 0 saturated carbocycles. The number of carbonyl (C=O) groups excluding carboxylic acids is 3. The lowest BCUT2D eigenvalue weighted by Gasteiger charge is -2.39. The summed E-state index contributed by atoms with van der Waals surface area (Å²) >= 11 is 1.94. The number of nitrogens with one attached hydrogen (secondary N) is 1. The Hall–Kier alpha value is -2.06. The molecular weight excluding hydrogens is 402 g/mol. The number of hydrogen-bond donors (Lipinski definition) is 1. The Morgan fingerprint density at radius 3 is 2.57 bits per heavy atom. The van der Waals surface area contributed by atoms with Crippen molar-refractivity contribution in [3.63, 3.8) is 0 Å². The second-order valence-electron chi connectivity index (χ2n) is 7.83. The van der Waals surface area contributed by atoms with Gasteiger partial charge in [0.25, 0.3) is 0 Å². The molecule has 30 heavy (non-hydrogen) atoms. The van der Waals surface area contributed by atoms with Crippen molar-refractivity contribution in [3.05, 3.63) is 35.4 Å². The van der Waals surface area contributed by atoms with Gasteiger partial charge in [0.15, 0.2) is 0 Å². The highest BCUT2D eigenvalue weighted by Gasteiger charge is 2.36. The summed E-state index contributed by atoms with van der Waals surface area (Å²) in [5, 5.41) is 2.83. The van der Waals surface area contributed by atoms with Gasteiger partial charge in [0.05, 0.1) is 13.7 Å². The van der Waals surface area contributed by atoms with E-state index in [-0.39, 0.29) is 24.3 Å². The molecule has 1 N–H and O–H groups in total. The van der Waals surface area contributed by atoms with Crippen molar-refractivity contribution < 1.29 is 19.1 Å². The number of amides is 2. The zero-order valence-corrected chi connectivity index (χ0v) is 18.6. The number of fused-ring (bicyclic) bond motifs is 1. The molecule has 0 bridgehead atoms. The molecule has 0 aromatic heterocycles. The highest BCUT2D eigenvalue weighted by Crippen LogP contribution is 2.26. The maximum Gasteiger partial charge on any atom is 0.328 e. The van der Waals surface area contributed by atoms with E-state index in [1.807, 2.05) is 36.0 Å². The van der Waals surface area contributed by atoms with Gasteiger partial charge in [0.2, 0.25) is 11.8 Å². The largest absolute Gasteiger partial charge is 0.467 e. The highest BCUT2D eigenvalue weighted by molar-refractivity contribution is 7.99. The summed E-state index contributed by atoms with van der Waals surface area (Å²) in [5.41, 5.74) is 2.16. The Labute approximate surface area is 182 Å². The summed E-state index contributed by atoms with van der Waals surface area (Å²) in [6.07, 6.45) is 2.53. The van der Waals surface area contributed by atoms with Crippen LogP contribution in [0.1, 0.15) is 30.9 Å². The molecule has 0 aliphatic carbocycles. The summed E-state index contributed by atoms with van der Waals surface area (Å²) in [7, 11) is 1.37. The second kappa shape index (κ2) is 10.8. The lowest BCUT2D eigenvalue weighted by atomic mass is 9.93. The van der Waals surface area contributed by atoms with Gasteiger partial charge in [0, 0.05) is 39.0 Å². The van der Waals surface area contributed by atoms with E-state index in [2.05, 4.69) is 10.2 Å². The van der Waals surface area contributed by atoms with Crippen molar-refractivity contribution in [2.45, 2.75) is 44.8 Å². The van der Waals surface area contributed by atoms with Crippen molar-refractivity contribution in [2.24, 2.45) is 0 Å². The summed E-state index contributed by atoms with van der Waals surface area (Å²) in [5.74, 6) is 1.64. The molecule has 7 nitrogen and oxygen atoms in total. The third-order valence-electron chi connectivity index (χ3n) is 5.86. The molecule has 2 aliphatic heterocycles. The lowest BCUT2D eigenvalue weighted by molar-refractivity contribution is -0.154. The van der Waals surface area contributed by atoms with Crippen LogP contribution in [0.5, 0.6) is 0 Å². The molecule has 1 fully saturated rings. The Balaban J connectivity index is 1.74. The first-order valence-corrected chi connectivity index (χ1v) is 11.7. The number of carbonyl (C=O) groups is 3. The van der Waals surface area contributed by atoms with Gasteiger partial charge < -0.3 is 15.0 Å². The number of nitrogens with zero attached hydrogens (tertiary/aromatic N) is 2. The topological polar surface area (TPSA) is 79.0 Å². The molecule has 0 spiro atoms. The average molecular weight is 434 g/mol. The van der Waals surface area contributed by atoms with E-state index in [4.69, 9.17) is 4.74 Å². The number of esters is 1. The first kappa shape index (κ1) is 22.6. The van der Waals surface area contributed by atoms with Crippen LogP contribution in [0.15, 0.2) is 24.3 Å². The van der Waals surface area contributed by atoms with Crippen molar-refractivity contribution in [3.8, 4) is 0 Å². The summed E-state index contributed by atoms with van der Waals surface area (Å²) < 4.78 is 5.00. The van der Waals surface area contributed by atoms with Gasteiger partial charge in [0.1, 0.15) is 6.04 Å². The first-order chi connectivity index (χ1) is 14.5. The monoisotopic (exact) mass is 433 g/mol. The van der Waals surface area contributed by atoms with Crippen LogP contribution in [0.3, 0.4) is 0 Å². The summed E-state index contributed by atoms with van der Waals surface area (Å²) in [6, 6.07) is 7.64. The van der Waals surface area contributed by atoms with Crippen LogP contribution >= 0.6 is 11.8 Å². The van der Waals surface area contributed by atoms with Crippen LogP contribution in [-0.2, 0) is 32.1 Å². The van der Waals surface area contributed by atoms with Crippen molar-refractivity contribution in [2.75, 3.05) is 38.2 Å². The molecule has 0 unspecified atom stereocenters. The van der Waals surface area contributed by atoms with E-state index in [1.165, 1.54) is 14.0 Å².